The number of rotatable bonds is 3. The minimum absolute atomic E-state index is 0.156. The first kappa shape index (κ1) is 11.1. The number of likely N-dealkylation sites (tertiary alicyclic amines) is 1. The van der Waals surface area contributed by atoms with E-state index < -0.39 is 0 Å². The summed E-state index contributed by atoms with van der Waals surface area (Å²) in [5, 5.41) is 11.7. The van der Waals surface area contributed by atoms with Crippen molar-refractivity contribution in [3.05, 3.63) is 22.4 Å². The summed E-state index contributed by atoms with van der Waals surface area (Å²) in [6, 6.07) is 4.30. The van der Waals surface area contributed by atoms with Gasteiger partial charge < -0.3 is 5.11 Å². The van der Waals surface area contributed by atoms with Crippen LogP contribution in [0.4, 0.5) is 0 Å². The Balaban J connectivity index is 1.88. The molecule has 2 heterocycles. The van der Waals surface area contributed by atoms with Gasteiger partial charge in [0.05, 0.1) is 6.10 Å². The quantitative estimate of drug-likeness (QED) is 0.853. The summed E-state index contributed by atoms with van der Waals surface area (Å²) in [4.78, 5) is 3.90. The molecule has 0 aromatic carbocycles. The zero-order valence-corrected chi connectivity index (χ0v) is 10.0. The van der Waals surface area contributed by atoms with Crippen molar-refractivity contribution in [3.8, 4) is 0 Å². The molecular weight excluding hydrogens is 206 g/mol. The van der Waals surface area contributed by atoms with Crippen LogP contribution < -0.4 is 0 Å². The molecule has 1 N–H and O–H groups in total. The van der Waals surface area contributed by atoms with Gasteiger partial charge in [0.2, 0.25) is 0 Å². The highest BCUT2D eigenvalue weighted by Crippen LogP contribution is 2.22. The molecule has 15 heavy (non-hydrogen) atoms. The number of hydrogen-bond donors (Lipinski definition) is 1. The van der Waals surface area contributed by atoms with Crippen molar-refractivity contribution in [2.75, 3.05) is 13.1 Å². The van der Waals surface area contributed by atoms with Crippen LogP contribution >= 0.6 is 11.3 Å². The maximum atomic E-state index is 9.60. The van der Waals surface area contributed by atoms with Gasteiger partial charge in [-0.3, -0.25) is 4.90 Å². The maximum absolute atomic E-state index is 9.60. The molecule has 1 fully saturated rings. The van der Waals surface area contributed by atoms with Gasteiger partial charge in [0.1, 0.15) is 0 Å². The van der Waals surface area contributed by atoms with Crippen molar-refractivity contribution < 1.29 is 5.11 Å². The van der Waals surface area contributed by atoms with E-state index in [9.17, 15) is 5.11 Å². The maximum Gasteiger partial charge on any atom is 0.0552 e. The van der Waals surface area contributed by atoms with Crippen molar-refractivity contribution in [2.45, 2.75) is 32.4 Å². The van der Waals surface area contributed by atoms with Crippen LogP contribution in [0.1, 0.15) is 24.6 Å². The minimum atomic E-state index is -0.156. The van der Waals surface area contributed by atoms with Crippen LogP contribution in [0, 0.1) is 5.92 Å². The Morgan fingerprint density at radius 3 is 3.20 bits per heavy atom. The highest BCUT2D eigenvalue weighted by Gasteiger charge is 2.23. The third kappa shape index (κ3) is 3.03. The van der Waals surface area contributed by atoms with Gasteiger partial charge in [0.25, 0.3) is 0 Å². The fourth-order valence-corrected chi connectivity index (χ4v) is 3.00. The Morgan fingerprint density at radius 1 is 1.67 bits per heavy atom. The van der Waals surface area contributed by atoms with Crippen LogP contribution in [0.3, 0.4) is 0 Å². The Hall–Kier alpha value is -0.380. The largest absolute Gasteiger partial charge is 0.393 e. The number of piperidine rings is 1. The van der Waals surface area contributed by atoms with Gasteiger partial charge >= 0.3 is 0 Å². The third-order valence-electron chi connectivity index (χ3n) is 3.18. The molecule has 1 aromatic heterocycles. The molecule has 0 amide bonds. The summed E-state index contributed by atoms with van der Waals surface area (Å²) in [6.07, 6.45) is 2.25. The molecular formula is C12H19NOS. The lowest BCUT2D eigenvalue weighted by Crippen LogP contribution is -2.38. The zero-order chi connectivity index (χ0) is 10.7. The van der Waals surface area contributed by atoms with Crippen LogP contribution in [0.2, 0.25) is 0 Å². The second kappa shape index (κ2) is 5.10. The van der Waals surface area contributed by atoms with Gasteiger partial charge in [-0.2, -0.15) is 0 Å². The lowest BCUT2D eigenvalue weighted by atomic mass is 9.93. The first-order chi connectivity index (χ1) is 7.25. The summed E-state index contributed by atoms with van der Waals surface area (Å²) < 4.78 is 0. The predicted octanol–water partition coefficient (Wildman–Crippen LogP) is 2.34. The van der Waals surface area contributed by atoms with Crippen LogP contribution in [-0.2, 0) is 6.54 Å². The molecule has 2 atom stereocenters. The number of thiophene rings is 1. The van der Waals surface area contributed by atoms with E-state index in [0.29, 0.717) is 5.92 Å². The second-order valence-corrected chi connectivity index (χ2v) is 5.49. The Bertz CT molecular complexity index is 284. The third-order valence-corrected chi connectivity index (χ3v) is 4.04. The van der Waals surface area contributed by atoms with Gasteiger partial charge in [-0.15, -0.1) is 11.3 Å². The number of nitrogens with zero attached hydrogens (tertiary/aromatic N) is 1. The molecule has 1 aliphatic heterocycles. The van der Waals surface area contributed by atoms with Crippen LogP contribution in [0.15, 0.2) is 17.5 Å². The topological polar surface area (TPSA) is 23.5 Å². The van der Waals surface area contributed by atoms with Crippen molar-refractivity contribution in [2.24, 2.45) is 5.92 Å². The monoisotopic (exact) mass is 225 g/mol. The van der Waals surface area contributed by atoms with Crippen LogP contribution in [0.5, 0.6) is 0 Å². The SMILES string of the molecule is C[C@@H](O)[C@@H]1CCCN(Cc2cccs2)C1. The first-order valence-electron chi connectivity index (χ1n) is 5.68. The van der Waals surface area contributed by atoms with E-state index in [1.807, 2.05) is 18.3 Å². The van der Waals surface area contributed by atoms with E-state index in [1.165, 1.54) is 24.3 Å². The lowest BCUT2D eigenvalue weighted by Gasteiger charge is -2.33. The van der Waals surface area contributed by atoms with Gasteiger partial charge in [-0.05, 0) is 43.7 Å². The lowest BCUT2D eigenvalue weighted by molar-refractivity contribution is 0.0603. The fourth-order valence-electron chi connectivity index (χ4n) is 2.25. The van der Waals surface area contributed by atoms with Gasteiger partial charge in [0, 0.05) is 18.0 Å². The fraction of sp³-hybridized carbons (Fsp3) is 0.667. The molecule has 0 saturated carbocycles. The molecule has 1 saturated heterocycles. The van der Waals surface area contributed by atoms with E-state index in [0.717, 1.165) is 13.1 Å². The molecule has 0 unspecified atom stereocenters. The van der Waals surface area contributed by atoms with E-state index in [2.05, 4.69) is 22.4 Å². The van der Waals surface area contributed by atoms with Crippen molar-refractivity contribution >= 4 is 11.3 Å². The number of hydrogen-bond acceptors (Lipinski definition) is 3. The second-order valence-electron chi connectivity index (χ2n) is 4.46. The van der Waals surface area contributed by atoms with E-state index in [1.54, 1.807) is 0 Å². The van der Waals surface area contributed by atoms with Crippen molar-refractivity contribution in [1.82, 2.24) is 4.90 Å². The predicted molar refractivity (Wildman–Crippen MR) is 64.0 cm³/mol. The molecule has 0 aliphatic carbocycles. The highest BCUT2D eigenvalue weighted by atomic mass is 32.1. The van der Waals surface area contributed by atoms with Gasteiger partial charge in [-0.1, -0.05) is 6.07 Å². The molecule has 2 rings (SSSR count). The normalized spacial score (nSPS) is 25.3. The van der Waals surface area contributed by atoms with Gasteiger partial charge in [-0.25, -0.2) is 0 Å². The van der Waals surface area contributed by atoms with E-state index in [-0.39, 0.29) is 6.10 Å². The highest BCUT2D eigenvalue weighted by molar-refractivity contribution is 7.09. The molecule has 84 valence electrons. The standard InChI is InChI=1S/C12H19NOS/c1-10(14)11-4-2-6-13(8-11)9-12-5-3-7-15-12/h3,5,7,10-11,14H,2,4,6,8-9H2,1H3/t10-,11-/m1/s1. The smallest absolute Gasteiger partial charge is 0.0552 e. The molecule has 0 spiro atoms. The van der Waals surface area contributed by atoms with Crippen molar-refractivity contribution in [3.63, 3.8) is 0 Å². The average molecular weight is 225 g/mol. The minimum Gasteiger partial charge on any atom is -0.393 e. The molecule has 1 aromatic rings. The molecule has 0 bridgehead atoms. The summed E-state index contributed by atoms with van der Waals surface area (Å²) in [7, 11) is 0. The van der Waals surface area contributed by atoms with Crippen LogP contribution in [0.25, 0.3) is 0 Å². The van der Waals surface area contributed by atoms with Crippen LogP contribution in [-0.4, -0.2) is 29.2 Å². The van der Waals surface area contributed by atoms with E-state index >= 15 is 0 Å². The summed E-state index contributed by atoms with van der Waals surface area (Å²) in [6.45, 7) is 5.21. The Labute approximate surface area is 95.5 Å². The molecule has 0 radical (unpaired) electrons. The number of aliphatic hydroxyl groups is 1. The summed E-state index contributed by atoms with van der Waals surface area (Å²) >= 11 is 1.82. The first-order valence-corrected chi connectivity index (χ1v) is 6.56. The molecule has 1 aliphatic rings. The molecule has 2 nitrogen and oxygen atoms in total. The van der Waals surface area contributed by atoms with Gasteiger partial charge in [0.15, 0.2) is 0 Å². The summed E-state index contributed by atoms with van der Waals surface area (Å²) in [5.41, 5.74) is 0. The summed E-state index contributed by atoms with van der Waals surface area (Å²) in [5.74, 6) is 0.471. The molecule has 3 heteroatoms. The van der Waals surface area contributed by atoms with E-state index in [4.69, 9.17) is 0 Å². The Kier molecular flexibility index (Phi) is 3.78. The van der Waals surface area contributed by atoms with Crippen molar-refractivity contribution in [1.29, 1.82) is 0 Å². The number of aliphatic hydroxyl groups excluding tert-OH is 1. The average Bonchev–Trinajstić information content (AvgIpc) is 2.71. The Morgan fingerprint density at radius 2 is 2.53 bits per heavy atom. The zero-order valence-electron chi connectivity index (χ0n) is 9.22.